The molecule has 2 aromatic rings. The van der Waals surface area contributed by atoms with Crippen molar-refractivity contribution < 1.29 is 19.1 Å². The highest BCUT2D eigenvalue weighted by Crippen LogP contribution is 2.60. The van der Waals surface area contributed by atoms with Crippen molar-refractivity contribution >= 4 is 33.5 Å². The van der Waals surface area contributed by atoms with Crippen LogP contribution in [0.15, 0.2) is 54.6 Å². The summed E-state index contributed by atoms with van der Waals surface area (Å²) in [6.45, 7) is 0.495. The first-order chi connectivity index (χ1) is 13.6. The van der Waals surface area contributed by atoms with Crippen LogP contribution in [0.1, 0.15) is 12.0 Å². The molecule has 3 fully saturated rings. The van der Waals surface area contributed by atoms with Gasteiger partial charge in [0.25, 0.3) is 0 Å². The summed E-state index contributed by atoms with van der Waals surface area (Å²) in [5.74, 6) is 0.129. The van der Waals surface area contributed by atoms with E-state index in [0.717, 1.165) is 17.7 Å². The molecule has 5 rings (SSSR count). The summed E-state index contributed by atoms with van der Waals surface area (Å²) < 4.78 is 11.3. The van der Waals surface area contributed by atoms with E-state index >= 15 is 0 Å². The Balaban J connectivity index is 1.23. The second-order valence-corrected chi connectivity index (χ2v) is 8.81. The molecule has 1 heterocycles. The van der Waals surface area contributed by atoms with Gasteiger partial charge in [-0.1, -0.05) is 46.3 Å². The number of esters is 1. The summed E-state index contributed by atoms with van der Waals surface area (Å²) in [5, 5.41) is 2.97. The molecule has 0 spiro atoms. The number of amides is 1. The fraction of sp³-hybridized carbons (Fsp3) is 0.364. The number of ether oxygens (including phenoxy) is 2. The zero-order valence-electron chi connectivity index (χ0n) is 15.1. The molecule has 28 heavy (non-hydrogen) atoms. The van der Waals surface area contributed by atoms with Crippen molar-refractivity contribution in [3.8, 4) is 5.75 Å². The summed E-state index contributed by atoms with van der Waals surface area (Å²) in [4.78, 5) is 25.2. The van der Waals surface area contributed by atoms with Gasteiger partial charge in [-0.3, -0.25) is 9.59 Å². The van der Waals surface area contributed by atoms with Crippen molar-refractivity contribution in [2.45, 2.75) is 24.0 Å². The molecule has 0 unspecified atom stereocenters. The van der Waals surface area contributed by atoms with Gasteiger partial charge in [0.15, 0.2) is 0 Å². The SMILES string of the molecule is O=C(Nc1ccc(OCc2ccccc2)cc1)[C@@H]1[C@@H]2C[C@H]3[C@H](OC(=O)[C@@H]31)[C@@H]2Br. The quantitative estimate of drug-likeness (QED) is 0.566. The molecule has 1 amide bonds. The molecular weight excluding hydrogens is 422 g/mol. The van der Waals surface area contributed by atoms with E-state index in [-0.39, 0.29) is 46.5 Å². The minimum atomic E-state index is -0.324. The lowest BCUT2D eigenvalue weighted by Crippen LogP contribution is -2.40. The third-order valence-electron chi connectivity index (χ3n) is 6.20. The molecule has 2 aromatic carbocycles. The fourth-order valence-electron chi connectivity index (χ4n) is 4.93. The predicted molar refractivity (Wildman–Crippen MR) is 107 cm³/mol. The van der Waals surface area contributed by atoms with Gasteiger partial charge in [-0.05, 0) is 42.2 Å². The van der Waals surface area contributed by atoms with E-state index in [9.17, 15) is 9.59 Å². The van der Waals surface area contributed by atoms with Crippen molar-refractivity contribution in [2.75, 3.05) is 5.32 Å². The van der Waals surface area contributed by atoms with Crippen LogP contribution in [0, 0.1) is 23.7 Å². The van der Waals surface area contributed by atoms with Gasteiger partial charge >= 0.3 is 5.97 Å². The largest absolute Gasteiger partial charge is 0.489 e. The van der Waals surface area contributed by atoms with E-state index in [4.69, 9.17) is 9.47 Å². The molecule has 1 saturated heterocycles. The number of halogens is 1. The zero-order valence-corrected chi connectivity index (χ0v) is 16.7. The van der Waals surface area contributed by atoms with Crippen LogP contribution in [-0.2, 0) is 20.9 Å². The fourth-order valence-corrected chi connectivity index (χ4v) is 5.98. The Morgan fingerprint density at radius 2 is 1.86 bits per heavy atom. The minimum Gasteiger partial charge on any atom is -0.489 e. The molecule has 0 radical (unpaired) electrons. The van der Waals surface area contributed by atoms with Crippen LogP contribution < -0.4 is 10.1 Å². The van der Waals surface area contributed by atoms with E-state index in [1.54, 1.807) is 0 Å². The van der Waals surface area contributed by atoms with Crippen molar-refractivity contribution in [3.05, 3.63) is 60.2 Å². The van der Waals surface area contributed by atoms with Crippen LogP contribution in [-0.4, -0.2) is 22.8 Å². The summed E-state index contributed by atoms with van der Waals surface area (Å²) in [6, 6.07) is 17.3. The highest BCUT2D eigenvalue weighted by Gasteiger charge is 2.67. The first-order valence-electron chi connectivity index (χ1n) is 9.54. The number of alkyl halides is 1. The molecule has 2 bridgehead atoms. The van der Waals surface area contributed by atoms with Crippen molar-refractivity contribution in [1.29, 1.82) is 0 Å². The number of benzene rings is 2. The molecular formula is C22H20BrNO4. The Morgan fingerprint density at radius 1 is 1.11 bits per heavy atom. The monoisotopic (exact) mass is 441 g/mol. The van der Waals surface area contributed by atoms with Gasteiger partial charge in [0.1, 0.15) is 18.5 Å². The minimum absolute atomic E-state index is 0.0624. The van der Waals surface area contributed by atoms with Gasteiger partial charge in [-0.25, -0.2) is 0 Å². The summed E-state index contributed by atoms with van der Waals surface area (Å²) in [5.41, 5.74) is 1.80. The average Bonchev–Trinajstić information content (AvgIpc) is 3.32. The number of anilines is 1. The summed E-state index contributed by atoms with van der Waals surface area (Å²) >= 11 is 3.64. The Labute approximate surface area is 171 Å². The third-order valence-corrected chi connectivity index (χ3v) is 7.40. The van der Waals surface area contributed by atoms with E-state index in [2.05, 4.69) is 21.2 Å². The number of hydrogen-bond acceptors (Lipinski definition) is 4. The molecule has 2 saturated carbocycles. The van der Waals surface area contributed by atoms with Gasteiger partial charge in [0.05, 0.1) is 16.7 Å². The Hall–Kier alpha value is -2.34. The van der Waals surface area contributed by atoms with Gasteiger partial charge in [0.2, 0.25) is 5.91 Å². The van der Waals surface area contributed by atoms with Crippen LogP contribution >= 0.6 is 15.9 Å². The van der Waals surface area contributed by atoms with E-state index < -0.39 is 0 Å². The first-order valence-corrected chi connectivity index (χ1v) is 10.5. The number of hydrogen-bond donors (Lipinski definition) is 1. The number of carbonyl (C=O) groups excluding carboxylic acids is 2. The molecule has 6 heteroatoms. The number of nitrogens with one attached hydrogen (secondary N) is 1. The molecule has 144 valence electrons. The second-order valence-electron chi connectivity index (χ2n) is 7.75. The lowest BCUT2D eigenvalue weighted by molar-refractivity contribution is -0.145. The molecule has 1 aliphatic heterocycles. The number of fused-ring (bicyclic) bond motifs is 1. The van der Waals surface area contributed by atoms with Gasteiger partial charge in [0, 0.05) is 11.6 Å². The van der Waals surface area contributed by atoms with Crippen LogP contribution in [0.5, 0.6) is 5.75 Å². The Bertz CT molecular complexity index is 901. The van der Waals surface area contributed by atoms with Gasteiger partial charge in [-0.15, -0.1) is 0 Å². The van der Waals surface area contributed by atoms with Gasteiger partial charge in [-0.2, -0.15) is 0 Å². The van der Waals surface area contributed by atoms with Crippen molar-refractivity contribution in [2.24, 2.45) is 23.7 Å². The average molecular weight is 442 g/mol. The summed E-state index contributed by atoms with van der Waals surface area (Å²) in [7, 11) is 0. The molecule has 2 aliphatic carbocycles. The maximum absolute atomic E-state index is 12.9. The van der Waals surface area contributed by atoms with E-state index in [1.807, 2.05) is 54.6 Å². The molecule has 0 aromatic heterocycles. The molecule has 5 nitrogen and oxygen atoms in total. The van der Waals surface area contributed by atoms with E-state index in [0.29, 0.717) is 12.3 Å². The van der Waals surface area contributed by atoms with Crippen LogP contribution in [0.2, 0.25) is 0 Å². The normalized spacial score (nSPS) is 32.2. The maximum Gasteiger partial charge on any atom is 0.310 e. The molecule has 1 N–H and O–H groups in total. The zero-order chi connectivity index (χ0) is 19.3. The third kappa shape index (κ3) is 2.91. The second kappa shape index (κ2) is 6.92. The van der Waals surface area contributed by atoms with Crippen molar-refractivity contribution in [3.63, 3.8) is 0 Å². The van der Waals surface area contributed by atoms with Gasteiger partial charge < -0.3 is 14.8 Å². The lowest BCUT2D eigenvalue weighted by Gasteiger charge is -2.27. The van der Waals surface area contributed by atoms with Crippen molar-refractivity contribution in [1.82, 2.24) is 0 Å². The Kier molecular flexibility index (Phi) is 4.38. The Morgan fingerprint density at radius 3 is 2.61 bits per heavy atom. The van der Waals surface area contributed by atoms with E-state index in [1.165, 1.54) is 0 Å². The standard InChI is InChI=1S/C22H20BrNO4/c23-19-15-10-16-18(22(26)28-20(16)19)17(15)21(25)24-13-6-8-14(9-7-13)27-11-12-4-2-1-3-5-12/h1-9,15-20H,10-11H2,(H,24,25)/t15-,16+,17+,18-,19+,20-/m0/s1. The number of rotatable bonds is 5. The maximum atomic E-state index is 12.9. The predicted octanol–water partition coefficient (Wildman–Crippen LogP) is 3.78. The highest BCUT2D eigenvalue weighted by molar-refractivity contribution is 9.09. The van der Waals surface area contributed by atoms with Crippen LogP contribution in [0.25, 0.3) is 0 Å². The molecule has 6 atom stereocenters. The van der Waals surface area contributed by atoms with Crippen LogP contribution in [0.4, 0.5) is 5.69 Å². The highest BCUT2D eigenvalue weighted by atomic mass is 79.9. The molecule has 3 aliphatic rings. The summed E-state index contributed by atoms with van der Waals surface area (Å²) in [6.07, 6.45) is 0.814. The smallest absolute Gasteiger partial charge is 0.310 e. The lowest BCUT2D eigenvalue weighted by atomic mass is 9.79. The topological polar surface area (TPSA) is 64.6 Å². The van der Waals surface area contributed by atoms with Crippen LogP contribution in [0.3, 0.4) is 0 Å². The first kappa shape index (κ1) is 17.7. The number of carbonyl (C=O) groups is 2.